The molecule has 0 radical (unpaired) electrons. The van der Waals surface area contributed by atoms with Gasteiger partial charge in [-0.1, -0.05) is 17.7 Å². The van der Waals surface area contributed by atoms with Crippen molar-refractivity contribution in [3.8, 4) is 0 Å². The highest BCUT2D eigenvalue weighted by Crippen LogP contribution is 2.35. The molecule has 10 heteroatoms. The second-order valence-corrected chi connectivity index (χ2v) is 7.11. The van der Waals surface area contributed by atoms with Gasteiger partial charge >= 0.3 is 6.18 Å². The van der Waals surface area contributed by atoms with Crippen molar-refractivity contribution < 1.29 is 31.9 Å². The summed E-state index contributed by atoms with van der Waals surface area (Å²) in [6.45, 7) is 0.897. The van der Waals surface area contributed by atoms with Crippen molar-refractivity contribution in [3.05, 3.63) is 63.4 Å². The summed E-state index contributed by atoms with van der Waals surface area (Å²) < 4.78 is 57.0. The molecule has 1 aliphatic heterocycles. The van der Waals surface area contributed by atoms with Crippen LogP contribution in [-0.2, 0) is 28.7 Å². The van der Waals surface area contributed by atoms with Gasteiger partial charge in [0, 0.05) is 31.3 Å². The van der Waals surface area contributed by atoms with Crippen molar-refractivity contribution in [2.75, 3.05) is 25.6 Å². The number of carbonyl (C=O) groups excluding carboxylic acids is 2. The third-order valence-electron chi connectivity index (χ3n) is 4.66. The van der Waals surface area contributed by atoms with Crippen LogP contribution in [0.2, 0.25) is 5.02 Å². The lowest BCUT2D eigenvalue weighted by atomic mass is 10.1. The van der Waals surface area contributed by atoms with Crippen molar-refractivity contribution in [2.45, 2.75) is 19.1 Å². The predicted octanol–water partition coefficient (Wildman–Crippen LogP) is 4.28. The molecule has 2 amide bonds. The van der Waals surface area contributed by atoms with Gasteiger partial charge in [0.05, 0.1) is 29.3 Å². The van der Waals surface area contributed by atoms with Gasteiger partial charge in [-0.3, -0.25) is 9.59 Å². The molecule has 2 aromatic rings. The maximum absolute atomic E-state index is 13.4. The van der Waals surface area contributed by atoms with E-state index in [1.54, 1.807) is 6.07 Å². The number of halogens is 5. The smallest absolute Gasteiger partial charge is 0.383 e. The Morgan fingerprint density at radius 2 is 2.00 bits per heavy atom. The van der Waals surface area contributed by atoms with Gasteiger partial charge < -0.3 is 15.0 Å². The number of ether oxygens (including phenoxy) is 1. The second-order valence-electron chi connectivity index (χ2n) is 6.70. The lowest BCUT2D eigenvalue weighted by Crippen LogP contribution is -2.27. The highest BCUT2D eigenvalue weighted by Gasteiger charge is 2.34. The normalized spacial score (nSPS) is 13.5. The van der Waals surface area contributed by atoms with E-state index in [-0.39, 0.29) is 28.7 Å². The summed E-state index contributed by atoms with van der Waals surface area (Å²) in [5, 5.41) is 2.77. The zero-order valence-corrected chi connectivity index (χ0v) is 16.5. The van der Waals surface area contributed by atoms with Crippen LogP contribution in [0.15, 0.2) is 30.3 Å². The van der Waals surface area contributed by atoms with Gasteiger partial charge in [0.25, 0.3) is 5.91 Å². The first kappa shape index (κ1) is 22.0. The first-order chi connectivity index (χ1) is 14.1. The molecule has 1 aliphatic rings. The topological polar surface area (TPSA) is 58.6 Å². The number of carbonyl (C=O) groups is 2. The minimum Gasteiger partial charge on any atom is -0.383 e. The highest BCUT2D eigenvalue weighted by molar-refractivity contribution is 6.34. The van der Waals surface area contributed by atoms with E-state index in [0.29, 0.717) is 36.4 Å². The molecule has 0 saturated heterocycles. The molecule has 30 heavy (non-hydrogen) atoms. The number of hydrogen-bond acceptors (Lipinski definition) is 3. The van der Waals surface area contributed by atoms with Gasteiger partial charge in [-0.15, -0.1) is 0 Å². The lowest BCUT2D eigenvalue weighted by molar-refractivity contribution is -0.140. The van der Waals surface area contributed by atoms with Crippen molar-refractivity contribution in [3.63, 3.8) is 0 Å². The maximum atomic E-state index is 13.4. The summed E-state index contributed by atoms with van der Waals surface area (Å²) in [7, 11) is 1.51. The Labute approximate surface area is 174 Å². The van der Waals surface area contributed by atoms with E-state index in [9.17, 15) is 27.2 Å². The van der Waals surface area contributed by atoms with E-state index in [1.165, 1.54) is 18.1 Å². The van der Waals surface area contributed by atoms with Crippen molar-refractivity contribution in [1.82, 2.24) is 4.90 Å². The number of alkyl halides is 3. The SMILES string of the molecule is COCCN1Cc2c(ccc(Cl)c2NC(=O)Cc2ccc(F)c(C(F)(F)F)c2)C1=O. The summed E-state index contributed by atoms with van der Waals surface area (Å²) in [5.41, 5.74) is -0.321. The Bertz CT molecular complexity index is 995. The fraction of sp³-hybridized carbons (Fsp3) is 0.300. The third kappa shape index (κ3) is 4.57. The number of anilines is 1. The summed E-state index contributed by atoms with van der Waals surface area (Å²) in [4.78, 5) is 26.5. The fourth-order valence-electron chi connectivity index (χ4n) is 3.20. The zero-order chi connectivity index (χ0) is 22.1. The Kier molecular flexibility index (Phi) is 6.33. The predicted molar refractivity (Wildman–Crippen MR) is 102 cm³/mol. The average molecular weight is 445 g/mol. The number of nitrogens with one attached hydrogen (secondary N) is 1. The Hall–Kier alpha value is -2.65. The number of amides is 2. The first-order valence-electron chi connectivity index (χ1n) is 8.87. The van der Waals surface area contributed by atoms with Crippen LogP contribution >= 0.6 is 11.6 Å². The molecule has 2 aromatic carbocycles. The van der Waals surface area contributed by atoms with Gasteiger partial charge in [-0.25, -0.2) is 4.39 Å². The molecule has 5 nitrogen and oxygen atoms in total. The monoisotopic (exact) mass is 444 g/mol. The summed E-state index contributed by atoms with van der Waals surface area (Å²) in [5.74, 6) is -2.29. The van der Waals surface area contributed by atoms with Crippen LogP contribution in [0.5, 0.6) is 0 Å². The van der Waals surface area contributed by atoms with Crippen LogP contribution in [0.25, 0.3) is 0 Å². The molecule has 1 N–H and O–H groups in total. The number of methoxy groups -OCH3 is 1. The van der Waals surface area contributed by atoms with E-state index in [1.807, 2.05) is 0 Å². The first-order valence-corrected chi connectivity index (χ1v) is 9.24. The lowest BCUT2D eigenvalue weighted by Gasteiger charge is -2.15. The molecule has 160 valence electrons. The molecule has 0 aliphatic carbocycles. The number of benzene rings is 2. The van der Waals surface area contributed by atoms with Crippen LogP contribution in [0.1, 0.15) is 27.0 Å². The molecule has 1 heterocycles. The molecule has 0 aromatic heterocycles. The zero-order valence-electron chi connectivity index (χ0n) is 15.8. The number of nitrogens with zero attached hydrogens (tertiary/aromatic N) is 1. The quantitative estimate of drug-likeness (QED) is 0.676. The minimum absolute atomic E-state index is 0.0114. The van der Waals surface area contributed by atoms with Crippen LogP contribution in [0, 0.1) is 5.82 Å². The third-order valence-corrected chi connectivity index (χ3v) is 4.97. The van der Waals surface area contributed by atoms with Gasteiger partial charge in [-0.2, -0.15) is 13.2 Å². The van der Waals surface area contributed by atoms with Crippen molar-refractivity contribution >= 4 is 29.1 Å². The van der Waals surface area contributed by atoms with E-state index in [4.69, 9.17) is 16.3 Å². The Morgan fingerprint density at radius 3 is 2.67 bits per heavy atom. The molecule has 0 unspecified atom stereocenters. The largest absolute Gasteiger partial charge is 0.419 e. The summed E-state index contributed by atoms with van der Waals surface area (Å²) in [6, 6.07) is 5.40. The Balaban J connectivity index is 1.80. The number of rotatable bonds is 6. The van der Waals surface area contributed by atoms with E-state index in [2.05, 4.69) is 5.32 Å². The molecule has 0 atom stereocenters. The van der Waals surface area contributed by atoms with E-state index >= 15 is 0 Å². The van der Waals surface area contributed by atoms with Crippen molar-refractivity contribution in [1.29, 1.82) is 0 Å². The number of fused-ring (bicyclic) bond motifs is 1. The molecule has 3 rings (SSSR count). The van der Waals surface area contributed by atoms with E-state index in [0.717, 1.165) is 6.07 Å². The molecule has 0 spiro atoms. The molecule has 0 bridgehead atoms. The second kappa shape index (κ2) is 8.61. The van der Waals surface area contributed by atoms with Gasteiger partial charge in [0.15, 0.2) is 0 Å². The van der Waals surface area contributed by atoms with E-state index < -0.39 is 29.9 Å². The molecule has 0 saturated carbocycles. The summed E-state index contributed by atoms with van der Waals surface area (Å²) >= 11 is 6.19. The van der Waals surface area contributed by atoms with Gasteiger partial charge in [0.2, 0.25) is 5.91 Å². The molecule has 0 fully saturated rings. The maximum Gasteiger partial charge on any atom is 0.419 e. The van der Waals surface area contributed by atoms with Gasteiger partial charge in [0.1, 0.15) is 5.82 Å². The Morgan fingerprint density at radius 1 is 1.27 bits per heavy atom. The van der Waals surface area contributed by atoms with Gasteiger partial charge in [-0.05, 0) is 29.8 Å². The van der Waals surface area contributed by atoms with Crippen LogP contribution in [-0.4, -0.2) is 37.0 Å². The van der Waals surface area contributed by atoms with Crippen LogP contribution in [0.3, 0.4) is 0 Å². The van der Waals surface area contributed by atoms with Crippen molar-refractivity contribution in [2.24, 2.45) is 0 Å². The summed E-state index contributed by atoms with van der Waals surface area (Å²) in [6.07, 6.45) is -5.29. The minimum atomic E-state index is -4.87. The standard InChI is InChI=1S/C20H17ClF4N2O3/c1-30-7-6-27-10-13-12(19(27)29)3-4-15(21)18(13)26-17(28)9-11-2-5-16(22)14(8-11)20(23,24)25/h2-5,8H,6-7,9-10H2,1H3,(H,26,28). The molecular weight excluding hydrogens is 428 g/mol. The number of hydrogen-bond donors (Lipinski definition) is 1. The fourth-order valence-corrected chi connectivity index (χ4v) is 3.43. The molecular formula is C20H17ClF4N2O3. The van der Waals surface area contributed by atoms with Crippen LogP contribution in [0.4, 0.5) is 23.2 Å². The highest BCUT2D eigenvalue weighted by atomic mass is 35.5. The average Bonchev–Trinajstić information content (AvgIpc) is 2.99. The van der Waals surface area contributed by atoms with Crippen LogP contribution < -0.4 is 5.32 Å².